The van der Waals surface area contributed by atoms with Gasteiger partial charge in [-0.2, -0.15) is 0 Å². The van der Waals surface area contributed by atoms with Gasteiger partial charge >= 0.3 is 0 Å². The highest BCUT2D eigenvalue weighted by Gasteiger charge is 2.22. The maximum atomic E-state index is 12.3. The topological polar surface area (TPSA) is 41.6 Å². The number of likely N-dealkylation sites (tertiary alicyclic amines) is 1. The minimum Gasteiger partial charge on any atom is -0.493 e. The number of hydrogen-bond donors (Lipinski definition) is 1. The average Bonchev–Trinajstić information content (AvgIpc) is 2.56. The third-order valence-electron chi connectivity index (χ3n) is 4.69. The molecule has 0 unspecified atom stereocenters. The van der Waals surface area contributed by atoms with E-state index in [4.69, 9.17) is 4.74 Å². The summed E-state index contributed by atoms with van der Waals surface area (Å²) in [6.45, 7) is 7.42. The molecule has 0 bridgehead atoms. The zero-order chi connectivity index (χ0) is 16.7. The molecule has 1 fully saturated rings. The molecule has 1 aliphatic heterocycles. The van der Waals surface area contributed by atoms with Gasteiger partial charge in [-0.3, -0.25) is 4.79 Å². The Labute approximate surface area is 140 Å². The van der Waals surface area contributed by atoms with Gasteiger partial charge in [0.15, 0.2) is 0 Å². The van der Waals surface area contributed by atoms with Gasteiger partial charge in [-0.25, -0.2) is 0 Å². The lowest BCUT2D eigenvalue weighted by Crippen LogP contribution is -2.39. The summed E-state index contributed by atoms with van der Waals surface area (Å²) in [6.07, 6.45) is 3.94. The molecule has 0 aliphatic carbocycles. The molecule has 1 saturated heterocycles. The molecule has 23 heavy (non-hydrogen) atoms. The zero-order valence-corrected chi connectivity index (χ0v) is 14.7. The van der Waals surface area contributed by atoms with Crippen molar-refractivity contribution in [3.8, 4) is 5.75 Å². The van der Waals surface area contributed by atoms with E-state index in [1.807, 2.05) is 24.9 Å². The Kier molecular flexibility index (Phi) is 6.90. The number of hydrogen-bond acceptors (Lipinski definition) is 3. The Bertz CT molecular complexity index is 508. The summed E-state index contributed by atoms with van der Waals surface area (Å²) in [5.41, 5.74) is 2.30. The van der Waals surface area contributed by atoms with Gasteiger partial charge in [-0.05, 0) is 69.8 Å². The quantitative estimate of drug-likeness (QED) is 0.840. The van der Waals surface area contributed by atoms with E-state index >= 15 is 0 Å². The van der Waals surface area contributed by atoms with Crippen LogP contribution in [0, 0.1) is 19.8 Å². The van der Waals surface area contributed by atoms with Crippen molar-refractivity contribution in [3.05, 3.63) is 29.3 Å². The van der Waals surface area contributed by atoms with Gasteiger partial charge in [0, 0.05) is 13.1 Å². The van der Waals surface area contributed by atoms with Gasteiger partial charge in [-0.15, -0.1) is 0 Å². The van der Waals surface area contributed by atoms with Crippen LogP contribution < -0.4 is 10.1 Å². The maximum absolute atomic E-state index is 12.3. The number of rotatable bonds is 7. The Morgan fingerprint density at radius 2 is 2.04 bits per heavy atom. The number of nitrogens with zero attached hydrogens (tertiary/aromatic N) is 1. The molecule has 0 aromatic heterocycles. The normalized spacial score (nSPS) is 15.7. The van der Waals surface area contributed by atoms with Crippen LogP contribution in [0.3, 0.4) is 0 Å². The van der Waals surface area contributed by atoms with Gasteiger partial charge in [0.1, 0.15) is 5.75 Å². The summed E-state index contributed by atoms with van der Waals surface area (Å²) in [5.74, 6) is 1.88. The molecule has 4 nitrogen and oxygen atoms in total. The first-order valence-corrected chi connectivity index (χ1v) is 8.72. The molecule has 2 rings (SSSR count). The van der Waals surface area contributed by atoms with Crippen molar-refractivity contribution in [3.63, 3.8) is 0 Å². The lowest BCUT2D eigenvalue weighted by molar-refractivity contribution is -0.133. The summed E-state index contributed by atoms with van der Waals surface area (Å²) in [7, 11) is 1.99. The van der Waals surface area contributed by atoms with Gasteiger partial charge in [0.2, 0.25) is 5.91 Å². The number of aryl methyl sites for hydroxylation is 2. The first-order valence-electron chi connectivity index (χ1n) is 8.72. The van der Waals surface area contributed by atoms with E-state index in [-0.39, 0.29) is 5.91 Å². The predicted molar refractivity (Wildman–Crippen MR) is 93.9 cm³/mol. The summed E-state index contributed by atoms with van der Waals surface area (Å²) < 4.78 is 5.80. The van der Waals surface area contributed by atoms with E-state index in [1.165, 1.54) is 12.0 Å². The second-order valence-corrected chi connectivity index (χ2v) is 6.58. The van der Waals surface area contributed by atoms with Crippen LogP contribution in [0.2, 0.25) is 0 Å². The summed E-state index contributed by atoms with van der Waals surface area (Å²) in [4.78, 5) is 14.3. The Morgan fingerprint density at radius 1 is 1.30 bits per heavy atom. The molecule has 128 valence electrons. The number of carbonyl (C=O) groups excluding carboxylic acids is 1. The van der Waals surface area contributed by atoms with Crippen LogP contribution in [-0.4, -0.2) is 44.1 Å². The molecule has 1 amide bonds. The molecule has 1 aliphatic rings. The highest BCUT2D eigenvalue weighted by atomic mass is 16.5. The van der Waals surface area contributed by atoms with Crippen LogP contribution in [0.4, 0.5) is 0 Å². The molecule has 0 atom stereocenters. The molecule has 4 heteroatoms. The first-order chi connectivity index (χ1) is 11.1. The molecule has 1 N–H and O–H groups in total. The number of ether oxygens (including phenoxy) is 1. The summed E-state index contributed by atoms with van der Waals surface area (Å²) >= 11 is 0. The average molecular weight is 318 g/mol. The molecule has 1 aromatic rings. The van der Waals surface area contributed by atoms with Gasteiger partial charge in [0.25, 0.3) is 0 Å². The molecular weight excluding hydrogens is 288 g/mol. The Hall–Kier alpha value is -1.55. The van der Waals surface area contributed by atoms with Crippen molar-refractivity contribution in [2.45, 2.75) is 39.5 Å². The largest absolute Gasteiger partial charge is 0.493 e. The van der Waals surface area contributed by atoms with E-state index in [2.05, 4.69) is 24.4 Å². The molecule has 1 aromatic carbocycles. The predicted octanol–water partition coefficient (Wildman–Crippen LogP) is 2.92. The lowest BCUT2D eigenvalue weighted by Gasteiger charge is -2.32. The maximum Gasteiger partial charge on any atom is 0.225 e. The summed E-state index contributed by atoms with van der Waals surface area (Å²) in [6, 6.07) is 6.17. The fourth-order valence-corrected chi connectivity index (χ4v) is 3.09. The third-order valence-corrected chi connectivity index (χ3v) is 4.69. The Balaban J connectivity index is 1.70. The van der Waals surface area contributed by atoms with Crippen molar-refractivity contribution >= 4 is 5.91 Å². The molecule has 0 radical (unpaired) electrons. The number of piperidine rings is 1. The fraction of sp³-hybridized carbons (Fsp3) is 0.632. The highest BCUT2D eigenvalue weighted by Crippen LogP contribution is 2.21. The van der Waals surface area contributed by atoms with E-state index < -0.39 is 0 Å². The van der Waals surface area contributed by atoms with Crippen molar-refractivity contribution in [1.82, 2.24) is 10.2 Å². The monoisotopic (exact) mass is 318 g/mol. The van der Waals surface area contributed by atoms with Crippen LogP contribution in [0.25, 0.3) is 0 Å². The number of carbonyl (C=O) groups is 1. The third kappa shape index (κ3) is 5.54. The van der Waals surface area contributed by atoms with Crippen LogP contribution in [0.15, 0.2) is 18.2 Å². The lowest BCUT2D eigenvalue weighted by atomic mass is 9.93. The van der Waals surface area contributed by atoms with Crippen LogP contribution in [0.5, 0.6) is 5.75 Å². The second-order valence-electron chi connectivity index (χ2n) is 6.58. The van der Waals surface area contributed by atoms with Crippen molar-refractivity contribution < 1.29 is 9.53 Å². The van der Waals surface area contributed by atoms with Gasteiger partial charge in [0.05, 0.1) is 13.0 Å². The van der Waals surface area contributed by atoms with Crippen LogP contribution in [0.1, 0.15) is 36.8 Å². The van der Waals surface area contributed by atoms with E-state index in [0.29, 0.717) is 13.0 Å². The fourth-order valence-electron chi connectivity index (χ4n) is 3.09. The smallest absolute Gasteiger partial charge is 0.225 e. The SMILES string of the molecule is CNCCC1CCN(C(=O)CCOc2cc(C)ccc2C)CC1. The molecular formula is C19H30N2O2. The Morgan fingerprint density at radius 3 is 2.74 bits per heavy atom. The highest BCUT2D eigenvalue weighted by molar-refractivity contribution is 5.76. The van der Waals surface area contributed by atoms with Crippen molar-refractivity contribution in [1.29, 1.82) is 0 Å². The molecule has 0 spiro atoms. The second kappa shape index (κ2) is 8.92. The first kappa shape index (κ1) is 17.8. The number of nitrogens with one attached hydrogen (secondary N) is 1. The van der Waals surface area contributed by atoms with Gasteiger partial charge in [-0.1, -0.05) is 12.1 Å². The molecule has 1 heterocycles. The zero-order valence-electron chi connectivity index (χ0n) is 14.7. The number of amides is 1. The van der Waals surface area contributed by atoms with Crippen molar-refractivity contribution in [2.24, 2.45) is 5.92 Å². The van der Waals surface area contributed by atoms with E-state index in [9.17, 15) is 4.79 Å². The van der Waals surface area contributed by atoms with E-state index in [0.717, 1.165) is 49.7 Å². The molecule has 0 saturated carbocycles. The van der Waals surface area contributed by atoms with E-state index in [1.54, 1.807) is 0 Å². The standard InChI is InChI=1S/C19H30N2O2/c1-15-4-5-16(2)18(14-15)23-13-9-19(22)21-11-7-17(8-12-21)6-10-20-3/h4-5,14,17,20H,6-13H2,1-3H3. The van der Waals surface area contributed by atoms with Gasteiger partial charge < -0.3 is 15.0 Å². The number of benzene rings is 1. The van der Waals surface area contributed by atoms with Crippen LogP contribution in [-0.2, 0) is 4.79 Å². The van der Waals surface area contributed by atoms with Crippen molar-refractivity contribution in [2.75, 3.05) is 33.3 Å². The minimum atomic E-state index is 0.224. The summed E-state index contributed by atoms with van der Waals surface area (Å²) in [5, 5.41) is 3.20. The minimum absolute atomic E-state index is 0.224. The van der Waals surface area contributed by atoms with Crippen LogP contribution >= 0.6 is 0 Å².